The van der Waals surface area contributed by atoms with Crippen LogP contribution in [0.4, 0.5) is 4.79 Å². The Balaban J connectivity index is 2.41. The molecule has 0 aliphatic carbocycles. The van der Waals surface area contributed by atoms with Crippen LogP contribution >= 0.6 is 0 Å². The van der Waals surface area contributed by atoms with Crippen LogP contribution in [0, 0.1) is 0 Å². The minimum absolute atomic E-state index is 0.531. The lowest BCUT2D eigenvalue weighted by Gasteiger charge is -2.18. The van der Waals surface area contributed by atoms with Crippen molar-refractivity contribution in [2.24, 2.45) is 5.10 Å². The molecule has 0 fully saturated rings. The summed E-state index contributed by atoms with van der Waals surface area (Å²) in [7, 11) is 0. The van der Waals surface area contributed by atoms with Gasteiger partial charge in [0.25, 0.3) is 0 Å². The fraction of sp³-hybridized carbons (Fsp3) is 0.500. The molecule has 1 aromatic rings. The molecule has 1 aromatic carbocycles. The maximum Gasteiger partial charge on any atom is 0.428 e. The average Bonchev–Trinajstić information content (AvgIpc) is 2.39. The zero-order valence-electron chi connectivity index (χ0n) is 13.2. The quantitative estimate of drug-likeness (QED) is 0.494. The minimum Gasteiger partial charge on any atom is -0.494 e. The summed E-state index contributed by atoms with van der Waals surface area (Å²) in [6.07, 6.45) is 3.14. The fourth-order valence-corrected chi connectivity index (χ4v) is 1.44. The van der Waals surface area contributed by atoms with Crippen molar-refractivity contribution in [1.82, 2.24) is 5.43 Å². The summed E-state index contributed by atoms with van der Waals surface area (Å²) in [6.45, 7) is 8.25. The van der Waals surface area contributed by atoms with Crippen molar-refractivity contribution < 1.29 is 14.3 Å². The van der Waals surface area contributed by atoms with Crippen LogP contribution in [0.3, 0.4) is 0 Å². The summed E-state index contributed by atoms with van der Waals surface area (Å²) in [6, 6.07) is 7.51. The Hall–Kier alpha value is -2.04. The van der Waals surface area contributed by atoms with Gasteiger partial charge in [0.15, 0.2) is 0 Å². The van der Waals surface area contributed by atoms with Crippen molar-refractivity contribution in [2.75, 3.05) is 6.61 Å². The van der Waals surface area contributed by atoms with Gasteiger partial charge in [-0.1, -0.05) is 13.3 Å². The lowest BCUT2D eigenvalue weighted by Crippen LogP contribution is -2.29. The number of unbranched alkanes of at least 4 members (excludes halogenated alkanes) is 1. The van der Waals surface area contributed by atoms with Crippen LogP contribution in [-0.2, 0) is 4.74 Å². The van der Waals surface area contributed by atoms with Crippen LogP contribution in [0.15, 0.2) is 29.4 Å². The van der Waals surface area contributed by atoms with Gasteiger partial charge in [-0.05, 0) is 57.0 Å². The highest BCUT2D eigenvalue weighted by molar-refractivity contribution is 5.81. The van der Waals surface area contributed by atoms with E-state index in [4.69, 9.17) is 9.47 Å². The summed E-state index contributed by atoms with van der Waals surface area (Å²) in [5.41, 5.74) is 2.66. The number of ether oxygens (including phenoxy) is 2. The van der Waals surface area contributed by atoms with E-state index in [-0.39, 0.29) is 0 Å². The molecule has 116 valence electrons. The summed E-state index contributed by atoms with van der Waals surface area (Å²) in [5.74, 6) is 0.834. The number of benzene rings is 1. The van der Waals surface area contributed by atoms with Gasteiger partial charge in [-0.25, -0.2) is 10.2 Å². The second kappa shape index (κ2) is 8.29. The average molecular weight is 292 g/mol. The van der Waals surface area contributed by atoms with Gasteiger partial charge in [-0.15, -0.1) is 0 Å². The molecule has 0 saturated heterocycles. The van der Waals surface area contributed by atoms with E-state index in [1.54, 1.807) is 27.0 Å². The molecule has 21 heavy (non-hydrogen) atoms. The number of rotatable bonds is 6. The van der Waals surface area contributed by atoms with Gasteiger partial charge < -0.3 is 9.47 Å². The second-order valence-corrected chi connectivity index (χ2v) is 5.64. The van der Waals surface area contributed by atoms with E-state index < -0.39 is 11.7 Å². The van der Waals surface area contributed by atoms with Crippen LogP contribution < -0.4 is 10.2 Å². The van der Waals surface area contributed by atoms with Gasteiger partial charge in [0.1, 0.15) is 11.4 Å². The molecule has 0 bridgehead atoms. The number of hydrazone groups is 1. The van der Waals surface area contributed by atoms with E-state index in [2.05, 4.69) is 17.5 Å². The van der Waals surface area contributed by atoms with Gasteiger partial charge in [0, 0.05) is 0 Å². The van der Waals surface area contributed by atoms with E-state index in [0.717, 1.165) is 30.8 Å². The van der Waals surface area contributed by atoms with Gasteiger partial charge in [0.05, 0.1) is 12.8 Å². The van der Waals surface area contributed by atoms with Gasteiger partial charge in [-0.2, -0.15) is 5.10 Å². The Kier molecular flexibility index (Phi) is 6.72. The van der Waals surface area contributed by atoms with Crippen LogP contribution in [0.25, 0.3) is 0 Å². The molecule has 0 aliphatic rings. The van der Waals surface area contributed by atoms with Crippen LogP contribution in [-0.4, -0.2) is 24.5 Å². The predicted octanol–water partition coefficient (Wildman–Crippen LogP) is 3.72. The summed E-state index contributed by atoms with van der Waals surface area (Å²) in [4.78, 5) is 11.4. The Morgan fingerprint density at radius 1 is 1.29 bits per heavy atom. The number of nitrogens with one attached hydrogen (secondary N) is 1. The normalized spacial score (nSPS) is 11.4. The van der Waals surface area contributed by atoms with Gasteiger partial charge in [-0.3, -0.25) is 0 Å². The zero-order chi connectivity index (χ0) is 15.7. The molecule has 1 rings (SSSR count). The summed E-state index contributed by atoms with van der Waals surface area (Å²) in [5, 5.41) is 3.84. The third kappa shape index (κ3) is 7.97. The van der Waals surface area contributed by atoms with Gasteiger partial charge >= 0.3 is 6.09 Å². The first-order valence-corrected chi connectivity index (χ1v) is 7.15. The number of nitrogens with zero attached hydrogens (tertiary/aromatic N) is 1. The highest BCUT2D eigenvalue weighted by Gasteiger charge is 2.15. The van der Waals surface area contributed by atoms with Crippen molar-refractivity contribution >= 4 is 12.3 Å². The molecule has 0 spiro atoms. The molecule has 5 heteroatoms. The standard InChI is InChI=1S/C16H24N2O3/c1-5-6-11-20-14-9-7-13(8-10-14)12-17-18-15(19)21-16(2,3)4/h7-10,12H,5-6,11H2,1-4H3,(H,18,19)/b17-12+. The highest BCUT2D eigenvalue weighted by atomic mass is 16.6. The Morgan fingerprint density at radius 2 is 1.95 bits per heavy atom. The first-order valence-electron chi connectivity index (χ1n) is 7.15. The van der Waals surface area contributed by atoms with Crippen LogP contribution in [0.2, 0.25) is 0 Å². The largest absolute Gasteiger partial charge is 0.494 e. The fourth-order valence-electron chi connectivity index (χ4n) is 1.44. The lowest BCUT2D eigenvalue weighted by molar-refractivity contribution is 0.0529. The van der Waals surface area contributed by atoms with E-state index >= 15 is 0 Å². The van der Waals surface area contributed by atoms with E-state index in [9.17, 15) is 4.79 Å². The minimum atomic E-state index is -0.571. The van der Waals surface area contributed by atoms with Crippen molar-refractivity contribution in [3.05, 3.63) is 29.8 Å². The monoisotopic (exact) mass is 292 g/mol. The molecule has 0 heterocycles. The highest BCUT2D eigenvalue weighted by Crippen LogP contribution is 2.11. The van der Waals surface area contributed by atoms with Crippen LogP contribution in [0.1, 0.15) is 46.1 Å². The summed E-state index contributed by atoms with van der Waals surface area (Å²) >= 11 is 0. The molecule has 0 aromatic heterocycles. The number of hydrogen-bond donors (Lipinski definition) is 1. The zero-order valence-corrected chi connectivity index (χ0v) is 13.2. The predicted molar refractivity (Wildman–Crippen MR) is 83.8 cm³/mol. The first kappa shape index (κ1) is 17.0. The molecular weight excluding hydrogens is 268 g/mol. The third-order valence-electron chi connectivity index (χ3n) is 2.42. The SMILES string of the molecule is CCCCOc1ccc(/C=N/NC(=O)OC(C)(C)C)cc1. The molecule has 5 nitrogen and oxygen atoms in total. The molecule has 0 atom stereocenters. The lowest BCUT2D eigenvalue weighted by atomic mass is 10.2. The molecule has 0 radical (unpaired) electrons. The molecule has 0 unspecified atom stereocenters. The van der Waals surface area contributed by atoms with Crippen molar-refractivity contribution in [1.29, 1.82) is 0 Å². The Morgan fingerprint density at radius 3 is 2.52 bits per heavy atom. The summed E-state index contributed by atoms with van der Waals surface area (Å²) < 4.78 is 10.6. The molecule has 1 N–H and O–H groups in total. The topological polar surface area (TPSA) is 59.9 Å². The smallest absolute Gasteiger partial charge is 0.428 e. The van der Waals surface area contributed by atoms with Crippen molar-refractivity contribution in [2.45, 2.75) is 46.1 Å². The Labute approximate surface area is 126 Å². The Bertz CT molecular complexity index is 461. The van der Waals surface area contributed by atoms with Crippen molar-refractivity contribution in [3.8, 4) is 5.75 Å². The number of carbonyl (C=O) groups is 1. The van der Waals surface area contributed by atoms with E-state index in [0.29, 0.717) is 0 Å². The van der Waals surface area contributed by atoms with E-state index in [1.165, 1.54) is 0 Å². The number of carbonyl (C=O) groups excluding carboxylic acids is 1. The van der Waals surface area contributed by atoms with Gasteiger partial charge in [0.2, 0.25) is 0 Å². The first-order chi connectivity index (χ1) is 9.90. The maximum atomic E-state index is 11.4. The molecule has 1 amide bonds. The molecule has 0 saturated carbocycles. The molecule has 0 aliphatic heterocycles. The maximum absolute atomic E-state index is 11.4. The third-order valence-corrected chi connectivity index (χ3v) is 2.42. The second-order valence-electron chi connectivity index (χ2n) is 5.64. The van der Waals surface area contributed by atoms with Crippen molar-refractivity contribution in [3.63, 3.8) is 0 Å². The van der Waals surface area contributed by atoms with E-state index in [1.807, 2.05) is 24.3 Å². The number of hydrogen-bond acceptors (Lipinski definition) is 4. The van der Waals surface area contributed by atoms with Crippen LogP contribution in [0.5, 0.6) is 5.75 Å². The number of amides is 1. The molecular formula is C16H24N2O3.